The van der Waals surface area contributed by atoms with Gasteiger partial charge in [0.1, 0.15) is 11.2 Å². The van der Waals surface area contributed by atoms with Crippen molar-refractivity contribution in [2.45, 2.75) is 4.90 Å². The van der Waals surface area contributed by atoms with Crippen LogP contribution in [-0.4, -0.2) is 16.4 Å². The summed E-state index contributed by atoms with van der Waals surface area (Å²) in [5.74, 6) is -1.36. The average molecular weight is 324 g/mol. The summed E-state index contributed by atoms with van der Waals surface area (Å²) >= 11 is 0. The van der Waals surface area contributed by atoms with Crippen molar-refractivity contribution in [2.24, 2.45) is 0 Å². The molecule has 0 aliphatic rings. The Hall–Kier alpha value is -1.47. The van der Waals surface area contributed by atoms with Crippen LogP contribution in [0.3, 0.4) is 0 Å². The molecule has 22 heavy (non-hydrogen) atoms. The van der Waals surface area contributed by atoms with Crippen LogP contribution in [0.1, 0.15) is 10.4 Å². The number of benzene rings is 2. The molecule has 5 nitrogen and oxygen atoms in total. The number of aromatic carboxylic acids is 1. The molecule has 7 heteroatoms. The number of carbonyl (C=O) groups is 1. The smallest absolute Gasteiger partial charge is 0.545 e. The van der Waals surface area contributed by atoms with Crippen molar-refractivity contribution in [3.8, 4) is 0 Å². The fourth-order valence-corrected chi connectivity index (χ4v) is 2.68. The van der Waals surface area contributed by atoms with Gasteiger partial charge in [-0.1, -0.05) is 0 Å². The summed E-state index contributed by atoms with van der Waals surface area (Å²) in [7, 11) is -1.22. The molecule has 0 saturated heterocycles. The Balaban J connectivity index is 0.00000176. The Kier molecular flexibility index (Phi) is 4.87. The van der Waals surface area contributed by atoms with Crippen molar-refractivity contribution < 1.29 is 48.1 Å². The summed E-state index contributed by atoms with van der Waals surface area (Å²) < 4.78 is 17.1. The van der Waals surface area contributed by atoms with E-state index in [9.17, 15) is 18.9 Å². The van der Waals surface area contributed by atoms with E-state index in [-0.39, 0.29) is 51.3 Å². The molecule has 1 unspecified atom stereocenters. The van der Waals surface area contributed by atoms with Gasteiger partial charge in [0.2, 0.25) is 5.43 Å². The minimum Gasteiger partial charge on any atom is -0.545 e. The zero-order valence-corrected chi connectivity index (χ0v) is 14.7. The van der Waals surface area contributed by atoms with Crippen LogP contribution >= 0.6 is 0 Å². The maximum absolute atomic E-state index is 12.5. The predicted octanol–water partition coefficient (Wildman–Crippen LogP) is -1.95. The van der Waals surface area contributed by atoms with Crippen LogP contribution < -0.4 is 40.1 Å². The van der Waals surface area contributed by atoms with Crippen molar-refractivity contribution in [1.82, 2.24) is 0 Å². The van der Waals surface area contributed by atoms with Crippen molar-refractivity contribution in [2.75, 3.05) is 6.26 Å². The van der Waals surface area contributed by atoms with E-state index in [1.807, 2.05) is 0 Å². The standard InChI is InChI=1S/C15H10O5S.Na/c1-21(19)9-3-5-13-11(7-9)14(16)10-6-8(15(17)18)2-4-12(10)20-13;/h2-7H,1H3,(H,17,18);/q;+1/p-1. The summed E-state index contributed by atoms with van der Waals surface area (Å²) in [5, 5.41) is 11.3. The van der Waals surface area contributed by atoms with Gasteiger partial charge in [0, 0.05) is 22.0 Å². The van der Waals surface area contributed by atoms with Gasteiger partial charge < -0.3 is 14.3 Å². The first-order valence-corrected chi connectivity index (χ1v) is 7.58. The number of rotatable bonds is 2. The van der Waals surface area contributed by atoms with Crippen molar-refractivity contribution >= 4 is 38.7 Å². The first-order valence-electron chi connectivity index (χ1n) is 6.03. The molecule has 3 rings (SSSR count). The normalized spacial score (nSPS) is 12.0. The van der Waals surface area contributed by atoms with E-state index in [1.165, 1.54) is 30.5 Å². The van der Waals surface area contributed by atoms with Crippen molar-refractivity contribution in [1.29, 1.82) is 0 Å². The minimum absolute atomic E-state index is 0. The minimum atomic E-state index is -1.36. The second kappa shape index (κ2) is 6.34. The Labute approximate surface area is 149 Å². The van der Waals surface area contributed by atoms with Crippen LogP contribution in [0.2, 0.25) is 0 Å². The summed E-state index contributed by atoms with van der Waals surface area (Å²) in [6.45, 7) is 0. The third-order valence-corrected chi connectivity index (χ3v) is 4.13. The van der Waals surface area contributed by atoms with Crippen LogP contribution in [0.15, 0.2) is 50.5 Å². The van der Waals surface area contributed by atoms with Crippen molar-refractivity contribution in [3.05, 3.63) is 52.2 Å². The second-order valence-electron chi connectivity index (χ2n) is 4.54. The monoisotopic (exact) mass is 324 g/mol. The van der Waals surface area contributed by atoms with E-state index >= 15 is 0 Å². The van der Waals surface area contributed by atoms with E-state index < -0.39 is 16.8 Å². The third kappa shape index (κ3) is 2.87. The fraction of sp³-hybridized carbons (Fsp3) is 0.0667. The van der Waals surface area contributed by atoms with Gasteiger partial charge in [-0.2, -0.15) is 0 Å². The SMILES string of the molecule is CS(=O)c1ccc2oc3ccc(C(=O)[O-])cc3c(=O)c2c1.[Na+]. The number of carbonyl (C=O) groups excluding carboxylic acids is 1. The quantitative estimate of drug-likeness (QED) is 0.404. The summed E-state index contributed by atoms with van der Waals surface area (Å²) in [6.07, 6.45) is 1.51. The van der Waals surface area contributed by atoms with Crippen LogP contribution in [0.4, 0.5) is 0 Å². The number of hydrogen-bond donors (Lipinski definition) is 0. The molecule has 0 aliphatic carbocycles. The average Bonchev–Trinajstić information content (AvgIpc) is 2.46. The second-order valence-corrected chi connectivity index (χ2v) is 5.92. The molecule has 0 radical (unpaired) electrons. The molecule has 106 valence electrons. The van der Waals surface area contributed by atoms with E-state index in [0.29, 0.717) is 16.1 Å². The molecule has 1 heterocycles. The van der Waals surface area contributed by atoms with Crippen LogP contribution in [0.25, 0.3) is 21.9 Å². The Morgan fingerprint density at radius 2 is 1.68 bits per heavy atom. The number of hydrogen-bond acceptors (Lipinski definition) is 5. The fourth-order valence-electron chi connectivity index (χ4n) is 2.14. The summed E-state index contributed by atoms with van der Waals surface area (Å²) in [4.78, 5) is 23.8. The van der Waals surface area contributed by atoms with E-state index in [1.54, 1.807) is 12.1 Å². The molecule has 0 saturated carbocycles. The molecular weight excluding hydrogens is 315 g/mol. The number of fused-ring (bicyclic) bond motifs is 2. The molecule has 0 spiro atoms. The topological polar surface area (TPSA) is 87.4 Å². The van der Waals surface area contributed by atoms with Gasteiger partial charge in [-0.3, -0.25) is 9.00 Å². The van der Waals surface area contributed by atoms with Gasteiger partial charge in [0.05, 0.1) is 16.7 Å². The number of carboxylic acids is 1. The predicted molar refractivity (Wildman–Crippen MR) is 76.7 cm³/mol. The third-order valence-electron chi connectivity index (χ3n) is 3.21. The molecule has 0 amide bonds. The molecule has 1 aromatic heterocycles. The van der Waals surface area contributed by atoms with Crippen LogP contribution in [0.5, 0.6) is 0 Å². The van der Waals surface area contributed by atoms with Crippen LogP contribution in [0, 0.1) is 0 Å². The first kappa shape index (κ1) is 16.9. The molecule has 0 aliphatic heterocycles. The van der Waals surface area contributed by atoms with Crippen molar-refractivity contribution in [3.63, 3.8) is 0 Å². The molecule has 3 aromatic rings. The Bertz CT molecular complexity index is 902. The summed E-state index contributed by atoms with van der Waals surface area (Å²) in [6, 6.07) is 8.69. The van der Waals surface area contributed by atoms with Gasteiger partial charge in [-0.25, -0.2) is 0 Å². The zero-order valence-electron chi connectivity index (χ0n) is 11.9. The molecule has 2 aromatic carbocycles. The molecular formula is C15H9NaO5S. The zero-order chi connectivity index (χ0) is 15.1. The van der Waals surface area contributed by atoms with Gasteiger partial charge in [0.25, 0.3) is 0 Å². The van der Waals surface area contributed by atoms with Crippen LogP contribution in [-0.2, 0) is 10.8 Å². The molecule has 1 atom stereocenters. The summed E-state index contributed by atoms with van der Waals surface area (Å²) in [5.41, 5.74) is 0.205. The maximum Gasteiger partial charge on any atom is 1.00 e. The van der Waals surface area contributed by atoms with Gasteiger partial charge in [-0.15, -0.1) is 0 Å². The number of carboxylic acid groups (broad SMARTS) is 1. The maximum atomic E-state index is 12.5. The largest absolute Gasteiger partial charge is 1.00 e. The Morgan fingerprint density at radius 3 is 2.27 bits per heavy atom. The Morgan fingerprint density at radius 1 is 1.09 bits per heavy atom. The van der Waals surface area contributed by atoms with Gasteiger partial charge in [-0.05, 0) is 42.0 Å². The van der Waals surface area contributed by atoms with Gasteiger partial charge in [0.15, 0.2) is 0 Å². The van der Waals surface area contributed by atoms with E-state index in [4.69, 9.17) is 4.42 Å². The van der Waals surface area contributed by atoms with E-state index in [0.717, 1.165) is 0 Å². The van der Waals surface area contributed by atoms with Gasteiger partial charge >= 0.3 is 29.6 Å². The molecule has 0 bridgehead atoms. The molecule has 0 N–H and O–H groups in total. The van der Waals surface area contributed by atoms with E-state index in [2.05, 4.69) is 0 Å². The first-order chi connectivity index (χ1) is 9.97. The molecule has 0 fully saturated rings.